The topological polar surface area (TPSA) is 67.1 Å². The number of aliphatic imine (C=N–C) groups is 1. The molecule has 1 aromatic heterocycles. The first-order chi connectivity index (χ1) is 12.4. The maximum Gasteiger partial charge on any atom is 0.191 e. The number of aryl methyl sites for hydroxylation is 1. The minimum absolute atomic E-state index is 0. The lowest BCUT2D eigenvalue weighted by Gasteiger charge is -2.18. The molecular weight excluding hydrogens is 471 g/mol. The lowest BCUT2D eigenvalue weighted by atomic mass is 10.0. The van der Waals surface area contributed by atoms with Crippen LogP contribution in [0.15, 0.2) is 10.1 Å². The fraction of sp³-hybridized carbons (Fsp3) is 0.842. The summed E-state index contributed by atoms with van der Waals surface area (Å²) >= 11 is 1.66. The van der Waals surface area contributed by atoms with E-state index in [0.29, 0.717) is 12.0 Å². The van der Waals surface area contributed by atoms with Crippen molar-refractivity contribution in [3.05, 3.63) is 5.82 Å². The van der Waals surface area contributed by atoms with Gasteiger partial charge in [0.2, 0.25) is 0 Å². The number of hydrogen-bond acceptors (Lipinski definition) is 4. The van der Waals surface area contributed by atoms with E-state index < -0.39 is 0 Å². The maximum atomic E-state index is 4.38. The lowest BCUT2D eigenvalue weighted by Crippen LogP contribution is -2.42. The van der Waals surface area contributed by atoms with Crippen molar-refractivity contribution < 1.29 is 0 Å². The summed E-state index contributed by atoms with van der Waals surface area (Å²) in [5.41, 5.74) is 0. The van der Waals surface area contributed by atoms with Crippen LogP contribution in [0.2, 0.25) is 0 Å². The molecule has 0 amide bonds. The van der Waals surface area contributed by atoms with E-state index in [1.165, 1.54) is 6.42 Å². The normalized spacial score (nSPS) is 13.0. The molecule has 1 aromatic rings. The van der Waals surface area contributed by atoms with Crippen LogP contribution in [0.3, 0.4) is 0 Å². The van der Waals surface area contributed by atoms with Crippen LogP contribution in [0.4, 0.5) is 0 Å². The summed E-state index contributed by atoms with van der Waals surface area (Å²) in [4.78, 5) is 4.33. The Hall–Kier alpha value is -0.510. The summed E-state index contributed by atoms with van der Waals surface area (Å²) in [7, 11) is 1.83. The van der Waals surface area contributed by atoms with Gasteiger partial charge in [-0.15, -0.1) is 34.2 Å². The fourth-order valence-electron chi connectivity index (χ4n) is 2.74. The van der Waals surface area contributed by atoms with Crippen molar-refractivity contribution in [3.63, 3.8) is 0 Å². The summed E-state index contributed by atoms with van der Waals surface area (Å²) in [5, 5.41) is 16.6. The Morgan fingerprint density at radius 1 is 1.11 bits per heavy atom. The van der Waals surface area contributed by atoms with Gasteiger partial charge in [0, 0.05) is 32.6 Å². The Bertz CT molecular complexity index is 544. The summed E-state index contributed by atoms with van der Waals surface area (Å²) in [5.74, 6) is 3.29. The third kappa shape index (κ3) is 10.6. The molecule has 0 aliphatic carbocycles. The highest BCUT2D eigenvalue weighted by Crippen LogP contribution is 2.16. The molecule has 8 heteroatoms. The summed E-state index contributed by atoms with van der Waals surface area (Å²) in [6.45, 7) is 13.0. The zero-order valence-corrected chi connectivity index (χ0v) is 21.2. The van der Waals surface area contributed by atoms with Gasteiger partial charge in [0.25, 0.3) is 0 Å². The first-order valence-electron chi connectivity index (χ1n) is 9.80. The highest BCUT2D eigenvalue weighted by atomic mass is 127. The third-order valence-electron chi connectivity index (χ3n) is 4.18. The molecule has 1 unspecified atom stereocenters. The number of aromatic nitrogens is 3. The molecule has 6 nitrogen and oxygen atoms in total. The second-order valence-corrected chi connectivity index (χ2v) is 8.50. The Morgan fingerprint density at radius 2 is 1.81 bits per heavy atom. The van der Waals surface area contributed by atoms with Crippen molar-refractivity contribution >= 4 is 41.7 Å². The lowest BCUT2D eigenvalue weighted by molar-refractivity contribution is 0.476. The van der Waals surface area contributed by atoms with E-state index >= 15 is 0 Å². The zero-order valence-electron chi connectivity index (χ0n) is 18.1. The van der Waals surface area contributed by atoms with E-state index in [4.69, 9.17) is 0 Å². The molecule has 1 atom stereocenters. The monoisotopic (exact) mass is 510 g/mol. The average Bonchev–Trinajstić information content (AvgIpc) is 2.96. The zero-order chi connectivity index (χ0) is 19.5. The van der Waals surface area contributed by atoms with Gasteiger partial charge < -0.3 is 15.2 Å². The minimum Gasteiger partial charge on any atom is -0.356 e. The van der Waals surface area contributed by atoms with Crippen molar-refractivity contribution in [3.8, 4) is 0 Å². The highest BCUT2D eigenvalue weighted by Gasteiger charge is 2.12. The molecule has 158 valence electrons. The van der Waals surface area contributed by atoms with Gasteiger partial charge in [-0.3, -0.25) is 4.99 Å². The second kappa shape index (κ2) is 14.5. The summed E-state index contributed by atoms with van der Waals surface area (Å²) in [6, 6.07) is 0.432. The van der Waals surface area contributed by atoms with Crippen LogP contribution in [0.25, 0.3) is 0 Å². The van der Waals surface area contributed by atoms with Gasteiger partial charge >= 0.3 is 0 Å². The molecule has 0 radical (unpaired) electrons. The molecule has 0 aromatic carbocycles. The largest absolute Gasteiger partial charge is 0.356 e. The van der Waals surface area contributed by atoms with E-state index in [2.05, 4.69) is 71.3 Å². The quantitative estimate of drug-likeness (QED) is 0.154. The first kappa shape index (κ1) is 26.5. The van der Waals surface area contributed by atoms with Gasteiger partial charge in [-0.25, -0.2) is 0 Å². The van der Waals surface area contributed by atoms with E-state index in [-0.39, 0.29) is 24.0 Å². The Kier molecular flexibility index (Phi) is 14.2. The summed E-state index contributed by atoms with van der Waals surface area (Å²) in [6.07, 6.45) is 6.38. The van der Waals surface area contributed by atoms with Crippen molar-refractivity contribution in [2.24, 2.45) is 16.8 Å². The number of nitrogens with zero attached hydrogens (tertiary/aromatic N) is 4. The standard InChI is InChI=1S/C19H38N6S.HI/c1-14(2)10-11-16(5)22-18(20-6)21-12-8-9-17-23-24-19(26-7)25(17)13-15(3)4;/h14-16H,8-13H2,1-7H3,(H2,20,21,22);1H. The van der Waals surface area contributed by atoms with Gasteiger partial charge in [0.1, 0.15) is 5.82 Å². The van der Waals surface area contributed by atoms with Gasteiger partial charge in [-0.2, -0.15) is 0 Å². The van der Waals surface area contributed by atoms with Gasteiger partial charge in [0.15, 0.2) is 11.1 Å². The Balaban J connectivity index is 0.00000676. The number of guanidine groups is 1. The van der Waals surface area contributed by atoms with E-state index in [1.807, 2.05) is 7.05 Å². The molecular formula is C19H39IN6S. The van der Waals surface area contributed by atoms with Crippen molar-refractivity contribution in [2.75, 3.05) is 19.8 Å². The molecule has 0 saturated heterocycles. The van der Waals surface area contributed by atoms with Crippen LogP contribution >= 0.6 is 35.7 Å². The van der Waals surface area contributed by atoms with E-state index in [1.54, 1.807) is 11.8 Å². The second-order valence-electron chi connectivity index (χ2n) is 7.73. The molecule has 0 saturated carbocycles. The van der Waals surface area contributed by atoms with Crippen LogP contribution in [0.1, 0.15) is 59.7 Å². The fourth-order valence-corrected chi connectivity index (χ4v) is 3.26. The number of rotatable bonds is 11. The number of halogens is 1. The first-order valence-corrected chi connectivity index (χ1v) is 11.0. The number of nitrogens with one attached hydrogen (secondary N) is 2. The predicted octanol–water partition coefficient (Wildman–Crippen LogP) is 4.20. The van der Waals surface area contributed by atoms with Gasteiger partial charge in [0.05, 0.1) is 0 Å². The van der Waals surface area contributed by atoms with Crippen LogP contribution in [0.5, 0.6) is 0 Å². The average molecular weight is 511 g/mol. The molecule has 2 N–H and O–H groups in total. The SMILES string of the molecule is CN=C(NCCCc1nnc(SC)n1CC(C)C)NC(C)CCC(C)C.I. The van der Waals surface area contributed by atoms with Gasteiger partial charge in [-0.1, -0.05) is 39.5 Å². The minimum atomic E-state index is 0. The van der Waals surface area contributed by atoms with Crippen molar-refractivity contribution in [1.82, 2.24) is 25.4 Å². The van der Waals surface area contributed by atoms with Crippen LogP contribution < -0.4 is 10.6 Å². The molecule has 0 bridgehead atoms. The summed E-state index contributed by atoms with van der Waals surface area (Å²) < 4.78 is 2.26. The predicted molar refractivity (Wildman–Crippen MR) is 128 cm³/mol. The Morgan fingerprint density at radius 3 is 2.37 bits per heavy atom. The maximum absolute atomic E-state index is 4.38. The van der Waals surface area contributed by atoms with Gasteiger partial charge in [-0.05, 0) is 44.3 Å². The van der Waals surface area contributed by atoms with Crippen LogP contribution in [0, 0.1) is 11.8 Å². The molecule has 0 aliphatic rings. The molecule has 0 aliphatic heterocycles. The number of hydrogen-bond donors (Lipinski definition) is 2. The smallest absolute Gasteiger partial charge is 0.191 e. The molecule has 0 spiro atoms. The van der Waals surface area contributed by atoms with Crippen LogP contribution in [-0.4, -0.2) is 46.6 Å². The molecule has 1 heterocycles. The Labute approximate surface area is 187 Å². The molecule has 27 heavy (non-hydrogen) atoms. The number of thioether (sulfide) groups is 1. The van der Waals surface area contributed by atoms with E-state index in [0.717, 1.165) is 55.2 Å². The molecule has 0 fully saturated rings. The van der Waals surface area contributed by atoms with E-state index in [9.17, 15) is 0 Å². The highest BCUT2D eigenvalue weighted by molar-refractivity contribution is 14.0. The van der Waals surface area contributed by atoms with Crippen molar-refractivity contribution in [2.45, 2.75) is 78.0 Å². The van der Waals surface area contributed by atoms with Crippen molar-refractivity contribution in [1.29, 1.82) is 0 Å². The van der Waals surface area contributed by atoms with Crippen LogP contribution in [-0.2, 0) is 13.0 Å². The third-order valence-corrected chi connectivity index (χ3v) is 4.84. The molecule has 1 rings (SSSR count).